The number of ketones is 1. The molecule has 0 saturated heterocycles. The van der Waals surface area contributed by atoms with Crippen molar-refractivity contribution in [3.8, 4) is 5.69 Å². The lowest BCUT2D eigenvalue weighted by Crippen LogP contribution is -2.14. The number of aromatic nitrogens is 1. The standard InChI is InChI=1S/C22H23NO3S/c1-13-6-7-18(10-15(13)3)23-16(4)11-19(17(23)5)20(24)12-26-22(25)21-14(2)8-9-27-21/h6-11H,12H2,1-5H3. The van der Waals surface area contributed by atoms with Gasteiger partial charge in [-0.2, -0.15) is 0 Å². The van der Waals surface area contributed by atoms with E-state index < -0.39 is 5.97 Å². The molecule has 4 nitrogen and oxygen atoms in total. The van der Waals surface area contributed by atoms with Gasteiger partial charge in [-0.3, -0.25) is 4.79 Å². The van der Waals surface area contributed by atoms with Crippen LogP contribution in [-0.4, -0.2) is 22.9 Å². The van der Waals surface area contributed by atoms with Crippen LogP contribution in [-0.2, 0) is 4.74 Å². The first-order chi connectivity index (χ1) is 12.8. The fourth-order valence-corrected chi connectivity index (χ4v) is 3.98. The summed E-state index contributed by atoms with van der Waals surface area (Å²) < 4.78 is 7.30. The minimum Gasteiger partial charge on any atom is -0.453 e. The van der Waals surface area contributed by atoms with Gasteiger partial charge in [0.1, 0.15) is 4.88 Å². The van der Waals surface area contributed by atoms with Crippen LogP contribution in [0.15, 0.2) is 35.7 Å². The lowest BCUT2D eigenvalue weighted by molar-refractivity contribution is 0.0478. The summed E-state index contributed by atoms with van der Waals surface area (Å²) in [6, 6.07) is 9.97. The molecule has 0 aliphatic heterocycles. The third-order valence-electron chi connectivity index (χ3n) is 4.86. The highest BCUT2D eigenvalue weighted by atomic mass is 32.1. The van der Waals surface area contributed by atoms with E-state index >= 15 is 0 Å². The average Bonchev–Trinajstić information content (AvgIpc) is 3.18. The van der Waals surface area contributed by atoms with Crippen molar-refractivity contribution in [1.29, 1.82) is 0 Å². The van der Waals surface area contributed by atoms with Gasteiger partial charge in [0.25, 0.3) is 0 Å². The van der Waals surface area contributed by atoms with Gasteiger partial charge in [0.2, 0.25) is 5.78 Å². The Kier molecular flexibility index (Phi) is 5.33. The molecule has 0 amide bonds. The maximum absolute atomic E-state index is 12.7. The third-order valence-corrected chi connectivity index (χ3v) is 5.86. The Bertz CT molecular complexity index is 1030. The molecule has 0 bridgehead atoms. The number of hydrogen-bond donors (Lipinski definition) is 0. The van der Waals surface area contributed by atoms with Crippen molar-refractivity contribution in [3.63, 3.8) is 0 Å². The van der Waals surface area contributed by atoms with Crippen LogP contribution in [0.5, 0.6) is 0 Å². The zero-order chi connectivity index (χ0) is 19.7. The SMILES string of the molecule is Cc1ccc(-n2c(C)cc(C(=O)COC(=O)c3sccc3C)c2C)cc1C. The molecule has 0 spiro atoms. The molecule has 140 valence electrons. The number of Topliss-reactive ketones (excluding diaryl/α,β-unsaturated/α-hetero) is 1. The second-order valence-electron chi connectivity index (χ2n) is 6.82. The van der Waals surface area contributed by atoms with E-state index in [0.29, 0.717) is 10.4 Å². The van der Waals surface area contributed by atoms with Gasteiger partial charge in [-0.15, -0.1) is 11.3 Å². The first-order valence-corrected chi connectivity index (χ1v) is 9.68. The van der Waals surface area contributed by atoms with Gasteiger partial charge in [0, 0.05) is 22.6 Å². The molecule has 3 aromatic rings. The zero-order valence-corrected chi connectivity index (χ0v) is 17.1. The number of carbonyl (C=O) groups is 2. The highest BCUT2D eigenvalue weighted by molar-refractivity contribution is 7.12. The lowest BCUT2D eigenvalue weighted by atomic mass is 10.1. The van der Waals surface area contributed by atoms with Crippen molar-refractivity contribution in [2.45, 2.75) is 34.6 Å². The van der Waals surface area contributed by atoms with Crippen molar-refractivity contribution < 1.29 is 14.3 Å². The van der Waals surface area contributed by atoms with Crippen LogP contribution in [0.3, 0.4) is 0 Å². The summed E-state index contributed by atoms with van der Waals surface area (Å²) in [5.74, 6) is -0.639. The normalized spacial score (nSPS) is 10.9. The third kappa shape index (κ3) is 3.74. The van der Waals surface area contributed by atoms with Crippen LogP contribution < -0.4 is 0 Å². The highest BCUT2D eigenvalue weighted by Crippen LogP contribution is 2.23. The summed E-state index contributed by atoms with van der Waals surface area (Å²) in [7, 11) is 0. The van der Waals surface area contributed by atoms with Crippen molar-refractivity contribution in [2.24, 2.45) is 0 Å². The Hall–Kier alpha value is -2.66. The molecule has 0 N–H and O–H groups in total. The Morgan fingerprint density at radius 1 is 0.963 bits per heavy atom. The summed E-state index contributed by atoms with van der Waals surface area (Å²) in [4.78, 5) is 25.3. The molecule has 2 heterocycles. The van der Waals surface area contributed by atoms with Gasteiger partial charge < -0.3 is 9.30 Å². The molecule has 0 unspecified atom stereocenters. The van der Waals surface area contributed by atoms with Gasteiger partial charge in [0.05, 0.1) is 0 Å². The fourth-order valence-electron chi connectivity index (χ4n) is 3.16. The summed E-state index contributed by atoms with van der Waals surface area (Å²) >= 11 is 1.32. The van der Waals surface area contributed by atoms with Crippen LogP contribution in [0.1, 0.15) is 48.1 Å². The minimum atomic E-state index is -0.446. The Balaban J connectivity index is 1.81. The smallest absolute Gasteiger partial charge is 0.349 e. The number of rotatable bonds is 5. The monoisotopic (exact) mass is 381 g/mol. The summed E-state index contributed by atoms with van der Waals surface area (Å²) in [6.45, 7) is 9.64. The Labute approximate surface area is 163 Å². The number of hydrogen-bond acceptors (Lipinski definition) is 4. The largest absolute Gasteiger partial charge is 0.453 e. The number of benzene rings is 1. The van der Waals surface area contributed by atoms with Crippen LogP contribution in [0.25, 0.3) is 5.69 Å². The van der Waals surface area contributed by atoms with Crippen molar-refractivity contribution in [2.75, 3.05) is 6.61 Å². The average molecular weight is 381 g/mol. The molecule has 0 radical (unpaired) electrons. The van der Waals surface area contributed by atoms with Gasteiger partial charge in [-0.1, -0.05) is 6.07 Å². The molecule has 3 rings (SSSR count). The summed E-state index contributed by atoms with van der Waals surface area (Å²) in [6.07, 6.45) is 0. The van der Waals surface area contributed by atoms with E-state index in [4.69, 9.17) is 4.74 Å². The topological polar surface area (TPSA) is 48.3 Å². The molecule has 0 aliphatic carbocycles. The van der Waals surface area contributed by atoms with E-state index in [1.807, 2.05) is 38.3 Å². The molecule has 0 aliphatic rings. The number of ether oxygens (including phenoxy) is 1. The van der Waals surface area contributed by atoms with E-state index in [2.05, 4.69) is 36.6 Å². The van der Waals surface area contributed by atoms with E-state index in [1.165, 1.54) is 22.5 Å². The number of nitrogens with zero attached hydrogens (tertiary/aromatic N) is 1. The minimum absolute atomic E-state index is 0.194. The lowest BCUT2D eigenvalue weighted by Gasteiger charge is -2.12. The molecule has 1 aromatic carbocycles. The first kappa shape index (κ1) is 19.1. The van der Waals surface area contributed by atoms with Gasteiger partial charge in [0.15, 0.2) is 6.61 Å². The highest BCUT2D eigenvalue weighted by Gasteiger charge is 2.19. The maximum Gasteiger partial charge on any atom is 0.349 e. The fraction of sp³-hybridized carbons (Fsp3) is 0.273. The predicted octanol–water partition coefficient (Wildman–Crippen LogP) is 5.12. The number of thiophene rings is 1. The molecular weight excluding hydrogens is 358 g/mol. The van der Waals surface area contributed by atoms with Crippen LogP contribution >= 0.6 is 11.3 Å². The van der Waals surface area contributed by atoms with Crippen molar-refractivity contribution >= 4 is 23.1 Å². The van der Waals surface area contributed by atoms with Crippen LogP contribution in [0.4, 0.5) is 0 Å². The molecule has 2 aromatic heterocycles. The Morgan fingerprint density at radius 3 is 2.33 bits per heavy atom. The number of carbonyl (C=O) groups excluding carboxylic acids is 2. The summed E-state index contributed by atoms with van der Waals surface area (Å²) in [5.41, 5.74) is 6.73. The number of aryl methyl sites for hydroxylation is 4. The maximum atomic E-state index is 12.7. The second kappa shape index (κ2) is 7.53. The zero-order valence-electron chi connectivity index (χ0n) is 16.3. The molecule has 5 heteroatoms. The molecular formula is C22H23NO3S. The predicted molar refractivity (Wildman–Crippen MR) is 108 cm³/mol. The molecule has 0 saturated carbocycles. The quantitative estimate of drug-likeness (QED) is 0.455. The van der Waals surface area contributed by atoms with Crippen molar-refractivity contribution in [1.82, 2.24) is 4.57 Å². The van der Waals surface area contributed by atoms with Crippen LogP contribution in [0, 0.1) is 34.6 Å². The Morgan fingerprint density at radius 2 is 1.70 bits per heavy atom. The summed E-state index contributed by atoms with van der Waals surface area (Å²) in [5, 5.41) is 1.84. The van der Waals surface area contributed by atoms with Gasteiger partial charge in [-0.25, -0.2) is 4.79 Å². The molecule has 0 fully saturated rings. The van der Waals surface area contributed by atoms with Gasteiger partial charge in [-0.05, 0) is 81.0 Å². The molecule has 0 atom stereocenters. The van der Waals surface area contributed by atoms with E-state index in [0.717, 1.165) is 22.6 Å². The van der Waals surface area contributed by atoms with E-state index in [9.17, 15) is 9.59 Å². The van der Waals surface area contributed by atoms with E-state index in [-0.39, 0.29) is 12.4 Å². The first-order valence-electron chi connectivity index (χ1n) is 8.80. The number of esters is 1. The molecule has 27 heavy (non-hydrogen) atoms. The van der Waals surface area contributed by atoms with E-state index in [1.54, 1.807) is 0 Å². The van der Waals surface area contributed by atoms with Crippen LogP contribution in [0.2, 0.25) is 0 Å². The van der Waals surface area contributed by atoms with Crippen molar-refractivity contribution in [3.05, 3.63) is 74.2 Å². The van der Waals surface area contributed by atoms with Gasteiger partial charge >= 0.3 is 5.97 Å². The second-order valence-corrected chi connectivity index (χ2v) is 7.74.